The lowest BCUT2D eigenvalue weighted by Gasteiger charge is -2.09. The maximum absolute atomic E-state index is 13.3. The molecular formula is C13H14F4N2O2. The number of carbonyl (C=O) groups excluding carboxylic acids is 2. The average molecular weight is 306 g/mol. The van der Waals surface area contributed by atoms with Gasteiger partial charge >= 0.3 is 12.1 Å². The van der Waals surface area contributed by atoms with E-state index < -0.39 is 23.8 Å². The fourth-order valence-corrected chi connectivity index (χ4v) is 1.52. The van der Waals surface area contributed by atoms with E-state index in [1.54, 1.807) is 17.4 Å². The van der Waals surface area contributed by atoms with Crippen molar-refractivity contribution in [3.63, 3.8) is 0 Å². The number of rotatable bonds is 6. The summed E-state index contributed by atoms with van der Waals surface area (Å²) in [6.07, 6.45) is -4.74. The minimum absolute atomic E-state index is 0.00809. The van der Waals surface area contributed by atoms with Crippen LogP contribution < -0.4 is 10.6 Å². The Labute approximate surface area is 118 Å². The van der Waals surface area contributed by atoms with Gasteiger partial charge in [-0.05, 0) is 18.1 Å². The summed E-state index contributed by atoms with van der Waals surface area (Å²) >= 11 is 0. The van der Waals surface area contributed by atoms with Crippen molar-refractivity contribution in [3.8, 4) is 0 Å². The maximum atomic E-state index is 13.3. The van der Waals surface area contributed by atoms with Gasteiger partial charge in [0.05, 0.1) is 0 Å². The van der Waals surface area contributed by atoms with Crippen LogP contribution in [0.5, 0.6) is 0 Å². The molecule has 21 heavy (non-hydrogen) atoms. The first kappa shape index (κ1) is 16.9. The van der Waals surface area contributed by atoms with E-state index in [1.165, 1.54) is 12.1 Å². The predicted octanol–water partition coefficient (Wildman–Crippen LogP) is 1.55. The highest BCUT2D eigenvalue weighted by Gasteiger charge is 2.38. The topological polar surface area (TPSA) is 58.2 Å². The van der Waals surface area contributed by atoms with Crippen LogP contribution in [0.1, 0.15) is 12.0 Å². The summed E-state index contributed by atoms with van der Waals surface area (Å²) < 4.78 is 48.8. The van der Waals surface area contributed by atoms with Crippen molar-refractivity contribution in [1.82, 2.24) is 10.6 Å². The molecule has 2 N–H and O–H groups in total. The van der Waals surface area contributed by atoms with Gasteiger partial charge < -0.3 is 10.6 Å². The minimum Gasteiger partial charge on any atom is -0.354 e. The highest BCUT2D eigenvalue weighted by atomic mass is 19.4. The normalized spacial score (nSPS) is 11.0. The Kier molecular flexibility index (Phi) is 6.13. The van der Waals surface area contributed by atoms with Gasteiger partial charge in [-0.2, -0.15) is 13.2 Å². The second-order valence-electron chi connectivity index (χ2n) is 4.20. The van der Waals surface area contributed by atoms with Crippen molar-refractivity contribution in [2.45, 2.75) is 19.0 Å². The van der Waals surface area contributed by atoms with E-state index in [-0.39, 0.29) is 25.9 Å². The Bertz CT molecular complexity index is 503. The van der Waals surface area contributed by atoms with Crippen LogP contribution in [0.25, 0.3) is 0 Å². The number of carbonyl (C=O) groups is 2. The van der Waals surface area contributed by atoms with Gasteiger partial charge in [-0.3, -0.25) is 9.59 Å². The van der Waals surface area contributed by atoms with E-state index in [2.05, 4.69) is 5.32 Å². The van der Waals surface area contributed by atoms with Crippen molar-refractivity contribution < 1.29 is 27.2 Å². The standard InChI is InChI=1S/C13H14F4N2O2/c14-10-4-2-1-3-9(10)5-6-11(20)18-7-8-19-12(21)13(15,16)17/h1-4H,5-8H2,(H,18,20)(H,19,21). The summed E-state index contributed by atoms with van der Waals surface area (Å²) in [5.41, 5.74) is 0.387. The van der Waals surface area contributed by atoms with E-state index in [9.17, 15) is 27.2 Å². The lowest BCUT2D eigenvalue weighted by atomic mass is 10.1. The summed E-state index contributed by atoms with van der Waals surface area (Å²) in [4.78, 5) is 21.9. The fraction of sp³-hybridized carbons (Fsp3) is 0.385. The van der Waals surface area contributed by atoms with Crippen LogP contribution >= 0.6 is 0 Å². The van der Waals surface area contributed by atoms with Gasteiger partial charge in [0.25, 0.3) is 0 Å². The summed E-state index contributed by atoms with van der Waals surface area (Å²) in [6, 6.07) is 6.00. The second kappa shape index (κ2) is 7.61. The number of alkyl halides is 3. The molecule has 0 saturated carbocycles. The highest BCUT2D eigenvalue weighted by molar-refractivity contribution is 5.81. The second-order valence-corrected chi connectivity index (χ2v) is 4.20. The van der Waals surface area contributed by atoms with E-state index in [1.807, 2.05) is 0 Å². The summed E-state index contributed by atoms with van der Waals surface area (Å²) in [5, 5.41) is 3.96. The third-order valence-electron chi connectivity index (χ3n) is 2.57. The van der Waals surface area contributed by atoms with Gasteiger partial charge in [0.15, 0.2) is 0 Å². The number of aryl methyl sites for hydroxylation is 1. The molecule has 116 valence electrons. The maximum Gasteiger partial charge on any atom is 0.471 e. The van der Waals surface area contributed by atoms with Crippen LogP contribution in [-0.4, -0.2) is 31.1 Å². The van der Waals surface area contributed by atoms with Gasteiger partial charge in [0.1, 0.15) is 5.82 Å². The summed E-state index contributed by atoms with van der Waals surface area (Å²) in [6.45, 7) is -0.457. The molecule has 0 bridgehead atoms. The van der Waals surface area contributed by atoms with Gasteiger partial charge in [-0.1, -0.05) is 18.2 Å². The first-order valence-electron chi connectivity index (χ1n) is 6.16. The predicted molar refractivity (Wildman–Crippen MR) is 66.8 cm³/mol. The van der Waals surface area contributed by atoms with Gasteiger partial charge in [0.2, 0.25) is 5.91 Å². The molecule has 0 aromatic heterocycles. The number of benzene rings is 1. The molecular weight excluding hydrogens is 292 g/mol. The Morgan fingerprint density at radius 1 is 1.05 bits per heavy atom. The molecule has 0 heterocycles. The molecule has 1 aromatic carbocycles. The van der Waals surface area contributed by atoms with Crippen molar-refractivity contribution in [2.24, 2.45) is 0 Å². The fourth-order valence-electron chi connectivity index (χ4n) is 1.52. The van der Waals surface area contributed by atoms with Crippen molar-refractivity contribution in [2.75, 3.05) is 13.1 Å². The third-order valence-corrected chi connectivity index (χ3v) is 2.57. The SMILES string of the molecule is O=C(CCc1ccccc1F)NCCNC(=O)C(F)(F)F. The van der Waals surface area contributed by atoms with E-state index in [4.69, 9.17) is 0 Å². The molecule has 0 aliphatic rings. The molecule has 0 unspecified atom stereocenters. The van der Waals surface area contributed by atoms with Crippen molar-refractivity contribution in [3.05, 3.63) is 35.6 Å². The molecule has 4 nitrogen and oxygen atoms in total. The Morgan fingerprint density at radius 3 is 2.29 bits per heavy atom. The summed E-state index contributed by atoms with van der Waals surface area (Å²) in [7, 11) is 0. The Hall–Kier alpha value is -2.12. The number of halogens is 4. The number of hydrogen-bond acceptors (Lipinski definition) is 2. The number of hydrogen-bond donors (Lipinski definition) is 2. The Balaban J connectivity index is 2.21. The Morgan fingerprint density at radius 2 is 1.67 bits per heavy atom. The van der Waals surface area contributed by atoms with Crippen molar-refractivity contribution >= 4 is 11.8 Å². The van der Waals surface area contributed by atoms with Crippen LogP contribution in [0.2, 0.25) is 0 Å². The van der Waals surface area contributed by atoms with E-state index >= 15 is 0 Å². The molecule has 0 aliphatic carbocycles. The van der Waals surface area contributed by atoms with Crippen LogP contribution in [0, 0.1) is 5.82 Å². The average Bonchev–Trinajstić information content (AvgIpc) is 2.41. The van der Waals surface area contributed by atoms with Crippen LogP contribution in [-0.2, 0) is 16.0 Å². The molecule has 2 amide bonds. The quantitative estimate of drug-likeness (QED) is 0.619. The lowest BCUT2D eigenvalue weighted by molar-refractivity contribution is -0.173. The number of nitrogens with one attached hydrogen (secondary N) is 2. The molecule has 8 heteroatoms. The largest absolute Gasteiger partial charge is 0.471 e. The van der Waals surface area contributed by atoms with Gasteiger partial charge in [-0.15, -0.1) is 0 Å². The lowest BCUT2D eigenvalue weighted by Crippen LogP contribution is -2.41. The molecule has 1 rings (SSSR count). The molecule has 0 fully saturated rings. The monoisotopic (exact) mass is 306 g/mol. The zero-order valence-electron chi connectivity index (χ0n) is 11.0. The molecule has 0 spiro atoms. The first-order valence-corrected chi connectivity index (χ1v) is 6.16. The molecule has 0 radical (unpaired) electrons. The molecule has 0 atom stereocenters. The molecule has 0 aliphatic heterocycles. The van der Waals surface area contributed by atoms with Gasteiger partial charge in [0, 0.05) is 19.5 Å². The zero-order valence-corrected chi connectivity index (χ0v) is 11.0. The highest BCUT2D eigenvalue weighted by Crippen LogP contribution is 2.13. The van der Waals surface area contributed by atoms with Crippen molar-refractivity contribution in [1.29, 1.82) is 0 Å². The molecule has 1 aromatic rings. The minimum atomic E-state index is -4.94. The van der Waals surface area contributed by atoms with Crippen LogP contribution in [0.4, 0.5) is 17.6 Å². The molecule has 0 saturated heterocycles. The first-order chi connectivity index (χ1) is 9.80. The van der Waals surface area contributed by atoms with Crippen LogP contribution in [0.3, 0.4) is 0 Å². The summed E-state index contributed by atoms with van der Waals surface area (Å²) in [5.74, 6) is -2.90. The van der Waals surface area contributed by atoms with Gasteiger partial charge in [-0.25, -0.2) is 4.39 Å². The third kappa shape index (κ3) is 6.24. The number of amides is 2. The van der Waals surface area contributed by atoms with Crippen LogP contribution in [0.15, 0.2) is 24.3 Å². The van der Waals surface area contributed by atoms with E-state index in [0.717, 1.165) is 0 Å². The smallest absolute Gasteiger partial charge is 0.354 e. The van der Waals surface area contributed by atoms with E-state index in [0.29, 0.717) is 5.56 Å². The zero-order chi connectivity index (χ0) is 15.9.